The van der Waals surface area contributed by atoms with Crippen LogP contribution in [0.5, 0.6) is 5.75 Å². The Kier molecular flexibility index (Phi) is 4.85. The number of nitrogens with two attached hydrogens (primary N) is 1. The molecular formula is C16H13BrFN5O. The molecule has 0 bridgehead atoms. The molecule has 0 aliphatic carbocycles. The normalized spacial score (nSPS) is 10.4. The zero-order chi connectivity index (χ0) is 16.9. The molecule has 0 atom stereocenters. The van der Waals surface area contributed by atoms with E-state index in [1.54, 1.807) is 0 Å². The van der Waals surface area contributed by atoms with Crippen LogP contribution in [-0.4, -0.2) is 15.0 Å². The van der Waals surface area contributed by atoms with Crippen molar-refractivity contribution in [1.29, 1.82) is 0 Å². The molecule has 0 saturated heterocycles. The van der Waals surface area contributed by atoms with Crippen molar-refractivity contribution in [2.45, 2.75) is 6.61 Å². The minimum absolute atomic E-state index is 0.0699. The van der Waals surface area contributed by atoms with Crippen molar-refractivity contribution in [2.24, 2.45) is 0 Å². The molecule has 0 saturated carbocycles. The Morgan fingerprint density at radius 1 is 1.08 bits per heavy atom. The smallest absolute Gasteiger partial charge is 0.232 e. The zero-order valence-corrected chi connectivity index (χ0v) is 14.0. The summed E-state index contributed by atoms with van der Waals surface area (Å²) >= 11 is 3.24. The number of ether oxygens (including phenoxy) is 1. The van der Waals surface area contributed by atoms with Gasteiger partial charge >= 0.3 is 0 Å². The molecular weight excluding hydrogens is 377 g/mol. The predicted molar refractivity (Wildman–Crippen MR) is 92.4 cm³/mol. The highest BCUT2D eigenvalue weighted by Gasteiger charge is 2.08. The number of nitrogens with one attached hydrogen (secondary N) is 1. The number of rotatable bonds is 5. The quantitative estimate of drug-likeness (QED) is 0.691. The zero-order valence-electron chi connectivity index (χ0n) is 12.4. The van der Waals surface area contributed by atoms with Crippen LogP contribution in [0.25, 0.3) is 0 Å². The molecule has 3 aromatic rings. The van der Waals surface area contributed by atoms with Crippen LogP contribution in [-0.2, 0) is 6.61 Å². The van der Waals surface area contributed by atoms with Crippen LogP contribution in [0.1, 0.15) is 5.82 Å². The Balaban J connectivity index is 1.74. The lowest BCUT2D eigenvalue weighted by atomic mass is 10.3. The lowest BCUT2D eigenvalue weighted by molar-refractivity contribution is 0.293. The Morgan fingerprint density at radius 2 is 1.88 bits per heavy atom. The maximum atomic E-state index is 13.1. The van der Waals surface area contributed by atoms with E-state index < -0.39 is 0 Å². The number of hydrogen-bond donors (Lipinski definition) is 2. The first-order valence-electron chi connectivity index (χ1n) is 7.00. The third-order valence-electron chi connectivity index (χ3n) is 2.98. The monoisotopic (exact) mass is 389 g/mol. The van der Waals surface area contributed by atoms with E-state index in [2.05, 4.69) is 36.2 Å². The van der Waals surface area contributed by atoms with Gasteiger partial charge in [0.15, 0.2) is 5.82 Å². The van der Waals surface area contributed by atoms with Gasteiger partial charge in [0, 0.05) is 5.69 Å². The van der Waals surface area contributed by atoms with Crippen LogP contribution in [0.2, 0.25) is 0 Å². The van der Waals surface area contributed by atoms with Gasteiger partial charge in [0.05, 0.1) is 4.47 Å². The molecule has 0 amide bonds. The summed E-state index contributed by atoms with van der Waals surface area (Å²) in [5.41, 5.74) is 6.55. The van der Waals surface area contributed by atoms with Crippen molar-refractivity contribution in [3.63, 3.8) is 0 Å². The van der Waals surface area contributed by atoms with E-state index in [0.29, 0.717) is 22.0 Å². The van der Waals surface area contributed by atoms with Gasteiger partial charge in [-0.1, -0.05) is 18.2 Å². The van der Waals surface area contributed by atoms with Crippen LogP contribution in [0.4, 0.5) is 22.0 Å². The molecule has 0 unspecified atom stereocenters. The molecule has 0 radical (unpaired) electrons. The Morgan fingerprint density at radius 3 is 2.62 bits per heavy atom. The van der Waals surface area contributed by atoms with E-state index in [-0.39, 0.29) is 18.4 Å². The van der Waals surface area contributed by atoms with Crippen molar-refractivity contribution in [2.75, 3.05) is 11.1 Å². The number of aromatic nitrogens is 3. The molecule has 0 aliphatic rings. The Labute approximate surface area is 146 Å². The van der Waals surface area contributed by atoms with Crippen LogP contribution in [0, 0.1) is 5.82 Å². The fraction of sp³-hybridized carbons (Fsp3) is 0.0625. The molecule has 1 aromatic heterocycles. The molecule has 6 nitrogen and oxygen atoms in total. The molecule has 3 N–H and O–H groups in total. The van der Waals surface area contributed by atoms with Gasteiger partial charge in [0.25, 0.3) is 0 Å². The Bertz CT molecular complexity index is 847. The number of benzene rings is 2. The lowest BCUT2D eigenvalue weighted by Crippen LogP contribution is -2.09. The van der Waals surface area contributed by atoms with Crippen LogP contribution in [0.3, 0.4) is 0 Å². The summed E-state index contributed by atoms with van der Waals surface area (Å²) in [5.74, 6) is 0.892. The minimum atomic E-state index is -0.354. The number of nitrogens with zero attached hydrogens (tertiary/aromatic N) is 3. The van der Waals surface area contributed by atoms with E-state index >= 15 is 0 Å². The summed E-state index contributed by atoms with van der Waals surface area (Å²) in [6.07, 6.45) is 0. The Hall–Kier alpha value is -2.74. The lowest BCUT2D eigenvalue weighted by Gasteiger charge is -2.09. The fourth-order valence-corrected chi connectivity index (χ4v) is 2.41. The summed E-state index contributed by atoms with van der Waals surface area (Å²) in [6, 6.07) is 13.6. The molecule has 0 spiro atoms. The summed E-state index contributed by atoms with van der Waals surface area (Å²) in [4.78, 5) is 12.3. The molecule has 8 heteroatoms. The molecule has 2 aromatic carbocycles. The van der Waals surface area contributed by atoms with Crippen LogP contribution in [0.15, 0.2) is 53.0 Å². The summed E-state index contributed by atoms with van der Waals surface area (Å²) < 4.78 is 19.2. The number of anilines is 3. The summed E-state index contributed by atoms with van der Waals surface area (Å²) in [7, 11) is 0. The van der Waals surface area contributed by atoms with Gasteiger partial charge in [-0.2, -0.15) is 15.0 Å². The van der Waals surface area contributed by atoms with Gasteiger partial charge in [0.1, 0.15) is 18.2 Å². The topological polar surface area (TPSA) is 86.0 Å². The van der Waals surface area contributed by atoms with Gasteiger partial charge < -0.3 is 15.8 Å². The second kappa shape index (κ2) is 7.22. The highest BCUT2D eigenvalue weighted by molar-refractivity contribution is 9.10. The number of para-hydroxylation sites is 1. The van der Waals surface area contributed by atoms with E-state index in [1.807, 2.05) is 30.3 Å². The van der Waals surface area contributed by atoms with Crippen molar-refractivity contribution in [3.05, 3.63) is 64.6 Å². The SMILES string of the molecule is Nc1nc(COc2ccc(F)cc2Br)nc(Nc2ccccc2)n1. The van der Waals surface area contributed by atoms with Gasteiger partial charge in [-0.05, 0) is 46.3 Å². The van der Waals surface area contributed by atoms with E-state index in [0.717, 1.165) is 5.69 Å². The second-order valence-electron chi connectivity index (χ2n) is 4.79. The fourth-order valence-electron chi connectivity index (χ4n) is 1.94. The maximum absolute atomic E-state index is 13.1. The van der Waals surface area contributed by atoms with Crippen molar-refractivity contribution < 1.29 is 9.13 Å². The first-order chi connectivity index (χ1) is 11.6. The van der Waals surface area contributed by atoms with E-state index in [9.17, 15) is 4.39 Å². The van der Waals surface area contributed by atoms with E-state index in [1.165, 1.54) is 18.2 Å². The maximum Gasteiger partial charge on any atom is 0.232 e. The predicted octanol–water partition coefficient (Wildman–Crippen LogP) is 3.68. The number of hydrogen-bond acceptors (Lipinski definition) is 6. The molecule has 0 fully saturated rings. The molecule has 1 heterocycles. The molecule has 3 rings (SSSR count). The third-order valence-corrected chi connectivity index (χ3v) is 3.60. The average Bonchev–Trinajstić information content (AvgIpc) is 2.54. The standard InChI is InChI=1S/C16H13BrFN5O/c17-12-8-10(18)6-7-13(12)24-9-14-21-15(19)23-16(22-14)20-11-4-2-1-3-5-11/h1-8H,9H2,(H3,19,20,21,22,23). The average molecular weight is 390 g/mol. The van der Waals surface area contributed by atoms with Gasteiger partial charge in [-0.25, -0.2) is 4.39 Å². The minimum Gasteiger partial charge on any atom is -0.484 e. The summed E-state index contributed by atoms with van der Waals surface area (Å²) in [6.45, 7) is 0.0699. The first-order valence-corrected chi connectivity index (χ1v) is 7.80. The molecule has 0 aliphatic heterocycles. The van der Waals surface area contributed by atoms with Crippen molar-refractivity contribution >= 4 is 33.5 Å². The van der Waals surface area contributed by atoms with Crippen molar-refractivity contribution in [1.82, 2.24) is 15.0 Å². The van der Waals surface area contributed by atoms with Crippen molar-refractivity contribution in [3.8, 4) is 5.75 Å². The highest BCUT2D eigenvalue weighted by atomic mass is 79.9. The number of nitrogen functional groups attached to an aromatic ring is 1. The molecule has 122 valence electrons. The van der Waals surface area contributed by atoms with Crippen LogP contribution >= 0.6 is 15.9 Å². The third kappa shape index (κ3) is 4.17. The van der Waals surface area contributed by atoms with Crippen LogP contribution < -0.4 is 15.8 Å². The second-order valence-corrected chi connectivity index (χ2v) is 5.64. The molecule has 24 heavy (non-hydrogen) atoms. The van der Waals surface area contributed by atoms with Gasteiger partial charge in [-0.15, -0.1) is 0 Å². The highest BCUT2D eigenvalue weighted by Crippen LogP contribution is 2.26. The van der Waals surface area contributed by atoms with Gasteiger partial charge in [0.2, 0.25) is 11.9 Å². The first kappa shape index (κ1) is 16.1. The van der Waals surface area contributed by atoms with Gasteiger partial charge in [-0.3, -0.25) is 0 Å². The number of halogens is 2. The largest absolute Gasteiger partial charge is 0.484 e. The van der Waals surface area contributed by atoms with E-state index in [4.69, 9.17) is 10.5 Å². The summed E-state index contributed by atoms with van der Waals surface area (Å²) in [5, 5.41) is 3.05.